The highest BCUT2D eigenvalue weighted by molar-refractivity contribution is 6.26. The minimum absolute atomic E-state index is 0.0284. The Morgan fingerprint density at radius 2 is 0.569 bits per heavy atom. The van der Waals surface area contributed by atoms with Crippen LogP contribution in [0.1, 0.15) is 105 Å². The Kier molecular flexibility index (Phi) is 15.4. The maximum Gasteiger partial charge on any atom is 0.190 e. The van der Waals surface area contributed by atoms with Crippen molar-refractivity contribution in [2.45, 2.75) is 105 Å². The quantitative estimate of drug-likeness (QED) is 0.105. The molecule has 0 saturated carbocycles. The molecule has 0 unspecified atom stereocenters. The van der Waals surface area contributed by atoms with Crippen molar-refractivity contribution < 1.29 is 0 Å². The van der Waals surface area contributed by atoms with E-state index in [2.05, 4.69) is 248 Å². The Bertz CT molecular complexity index is 8400. The van der Waals surface area contributed by atoms with Crippen LogP contribution in [0.4, 0.5) is 17.1 Å². The Morgan fingerprint density at radius 3 is 0.957 bits per heavy atom. The molecule has 0 bridgehead atoms. The van der Waals surface area contributed by atoms with Gasteiger partial charge >= 0.3 is 0 Å². The molecule has 0 N–H and O–H groups in total. The summed E-state index contributed by atoms with van der Waals surface area (Å²) in [6.07, 6.45) is 0. The van der Waals surface area contributed by atoms with Gasteiger partial charge in [-0.3, -0.25) is 19.2 Å². The first-order chi connectivity index (χ1) is 55.4. The molecule has 12 heteroatoms. The van der Waals surface area contributed by atoms with Gasteiger partial charge in [-0.1, -0.05) is 218 Å². The maximum absolute atomic E-state index is 13.2. The third-order valence-corrected chi connectivity index (χ3v) is 24.2. The van der Waals surface area contributed by atoms with E-state index in [1.54, 1.807) is 24.3 Å². The number of rotatable bonds is 0. The lowest BCUT2D eigenvalue weighted by atomic mass is 9.83. The molecular formula is C104H76N8O4. The first-order valence-electron chi connectivity index (χ1n) is 39.0. The molecule has 19 aromatic rings. The summed E-state index contributed by atoms with van der Waals surface area (Å²) in [5, 5.41) is 61.8. The molecule has 0 aliphatic carbocycles. The number of fused-ring (bicyclic) bond motifs is 10. The van der Waals surface area contributed by atoms with Gasteiger partial charge in [0.15, 0.2) is 21.7 Å². The molecule has 22 rings (SSSR count). The molecule has 556 valence electrons. The smallest absolute Gasteiger partial charge is 0.190 e. The molecule has 0 saturated heterocycles. The summed E-state index contributed by atoms with van der Waals surface area (Å²) in [4.78, 5) is 54.4. The van der Waals surface area contributed by atoms with E-state index >= 15 is 0 Å². The third-order valence-electron chi connectivity index (χ3n) is 24.2. The highest BCUT2D eigenvalue weighted by Gasteiger charge is 2.32. The Hall–Kier alpha value is -14.6. The van der Waals surface area contributed by atoms with E-state index in [9.17, 15) is 40.2 Å². The van der Waals surface area contributed by atoms with Crippen molar-refractivity contribution in [3.05, 3.63) is 302 Å². The first-order valence-corrected chi connectivity index (χ1v) is 39.0. The molecular weight excluding hydrogens is 1430 g/mol. The minimum atomic E-state index is -0.153. The Balaban J connectivity index is 0.000000104. The summed E-state index contributed by atoms with van der Waals surface area (Å²) < 4.78 is 6.44. The zero-order valence-corrected chi connectivity index (χ0v) is 66.4. The lowest BCUT2D eigenvalue weighted by Crippen LogP contribution is -2.26. The number of aromatic nitrogens is 3. The van der Waals surface area contributed by atoms with Gasteiger partial charge in [0.25, 0.3) is 0 Å². The van der Waals surface area contributed by atoms with Crippen LogP contribution in [-0.4, -0.2) is 13.2 Å². The molecule has 0 atom stereocenters. The molecule has 0 radical (unpaired) electrons. The highest BCUT2D eigenvalue weighted by atomic mass is 16.1. The third kappa shape index (κ3) is 10.5. The molecule has 0 spiro atoms. The molecule has 0 fully saturated rings. The average molecular weight is 1500 g/mol. The van der Waals surface area contributed by atoms with E-state index in [1.165, 1.54) is 16.2 Å². The molecule has 0 amide bonds. The number of nitriles is 4. The summed E-state index contributed by atoms with van der Waals surface area (Å²) in [5.41, 5.74) is 15.2. The summed E-state index contributed by atoms with van der Waals surface area (Å²) in [5.74, 6) is 0. The van der Waals surface area contributed by atoms with Crippen LogP contribution in [0.15, 0.2) is 238 Å². The predicted octanol–water partition coefficient (Wildman–Crippen LogP) is 20.8. The van der Waals surface area contributed by atoms with Gasteiger partial charge in [0.05, 0.1) is 66.7 Å². The maximum atomic E-state index is 13.2. The van der Waals surface area contributed by atoms with Crippen molar-refractivity contribution in [2.75, 3.05) is 4.90 Å². The summed E-state index contributed by atoms with van der Waals surface area (Å²) in [6, 6.07) is 81.4. The van der Waals surface area contributed by atoms with Crippen LogP contribution in [0.2, 0.25) is 0 Å². The van der Waals surface area contributed by atoms with Gasteiger partial charge in [0.2, 0.25) is 0 Å². The van der Waals surface area contributed by atoms with Crippen LogP contribution in [0.3, 0.4) is 0 Å². The number of hydrogen-bond acceptors (Lipinski definition) is 9. The van der Waals surface area contributed by atoms with Crippen LogP contribution in [0, 0.1) is 45.3 Å². The SMILES string of the molecule is C=c1cc2c3cccc4cccc(c5cc(=C(C#N)C#N)c6cc(C(C)(C)C)cc1c6N25)c43.C=c1cc2c3ccccc3c3cc(=C(C#N)C#N)c4cc(C(C)(C)C)cc1c4n23.CC(C)(C)c1cc2c(=O)cc3c4cccc5cccc(c54)c4cc(=O)c(c1)c2n34.CC(C)(C)c1cc2c(=O)cc3c4ccccc4c4cc(=O)c(c1)c2n34. The fraction of sp³-hybridized carbons (Fsp3) is 0.154. The fourth-order valence-electron chi connectivity index (χ4n) is 18.3. The summed E-state index contributed by atoms with van der Waals surface area (Å²) in [6.45, 7) is 34.4. The zero-order valence-electron chi connectivity index (χ0n) is 66.4. The molecule has 10 aromatic carbocycles. The summed E-state index contributed by atoms with van der Waals surface area (Å²) >= 11 is 0. The second kappa shape index (κ2) is 25.0. The second-order valence-corrected chi connectivity index (χ2v) is 35.3. The van der Waals surface area contributed by atoms with E-state index < -0.39 is 0 Å². The van der Waals surface area contributed by atoms with E-state index in [4.69, 9.17) is 0 Å². The number of hydrogen-bond donors (Lipinski definition) is 0. The number of pyridine rings is 7. The van der Waals surface area contributed by atoms with Crippen molar-refractivity contribution in [3.8, 4) is 24.3 Å². The molecule has 3 aliphatic rings. The van der Waals surface area contributed by atoms with Crippen molar-refractivity contribution in [3.63, 3.8) is 0 Å². The monoisotopic (exact) mass is 1500 g/mol. The lowest BCUT2D eigenvalue weighted by Gasteiger charge is -2.36. The van der Waals surface area contributed by atoms with E-state index in [0.29, 0.717) is 32.0 Å². The molecule has 116 heavy (non-hydrogen) atoms. The lowest BCUT2D eigenvalue weighted by molar-refractivity contribution is 0.591. The van der Waals surface area contributed by atoms with E-state index in [0.717, 1.165) is 169 Å². The number of anilines is 3. The standard InChI is InChI=1S/C30H21N3.C26H19N3.C26H19NO2.C22H17NO2/c1-17-11-26-21-9-5-7-18-8-6-10-22(28(18)21)27-14-24(19(15-31)16-32)25-13-20(30(2,3)4)12-23(17)29(25)33(26)27;1-15-9-23-18-7-5-6-8-19(18)24-12-21(16(13-27)14-28)22-11-17(26(2,3)4)10-20(15)25(22)29(23)24;1-26(2,3)15-10-18-22(28)12-20-16-8-4-6-14-7-5-9-17(24(14)16)21-13-23(29)19(11-15)25(18)27(20)21;1-22(2,3)12-8-15-19(24)10-17-13-6-4-5-7-14(13)18-11-20(25)16(9-12)21(15)23(17)18/h5-14H,1H2,2-4H3;5-12H,1H2,2-4H3;4-13H,1-3H3;4-11H,1-3H3. The first kappa shape index (κ1) is 71.7. The predicted molar refractivity (Wildman–Crippen MR) is 480 cm³/mol. The van der Waals surface area contributed by atoms with Crippen molar-refractivity contribution in [1.29, 1.82) is 21.0 Å². The molecule has 3 aliphatic heterocycles. The largest absolute Gasteiger partial charge is 0.308 e. The highest BCUT2D eigenvalue weighted by Crippen LogP contribution is 2.51. The van der Waals surface area contributed by atoms with Gasteiger partial charge in [-0.2, -0.15) is 21.0 Å². The van der Waals surface area contributed by atoms with Gasteiger partial charge in [-0.25, -0.2) is 0 Å². The number of nitrogens with zero attached hydrogens (tertiary/aromatic N) is 8. The van der Waals surface area contributed by atoms with Crippen molar-refractivity contribution in [1.82, 2.24) is 13.2 Å². The Labute approximate surface area is 665 Å². The zero-order chi connectivity index (χ0) is 81.2. The van der Waals surface area contributed by atoms with Crippen molar-refractivity contribution in [2.24, 2.45) is 0 Å². The van der Waals surface area contributed by atoms with Gasteiger partial charge in [-0.15, -0.1) is 0 Å². The van der Waals surface area contributed by atoms with Crippen LogP contribution >= 0.6 is 0 Å². The van der Waals surface area contributed by atoms with Crippen LogP contribution in [0.25, 0.3) is 182 Å². The minimum Gasteiger partial charge on any atom is -0.308 e. The van der Waals surface area contributed by atoms with Gasteiger partial charge in [-0.05, 0) is 138 Å². The fourth-order valence-corrected chi connectivity index (χ4v) is 18.3. The van der Waals surface area contributed by atoms with Gasteiger partial charge in [0.1, 0.15) is 35.4 Å². The van der Waals surface area contributed by atoms with Gasteiger partial charge < -0.3 is 18.1 Å². The van der Waals surface area contributed by atoms with E-state index in [1.807, 2.05) is 84.9 Å². The van der Waals surface area contributed by atoms with Crippen LogP contribution < -0.4 is 47.5 Å². The van der Waals surface area contributed by atoms with Crippen LogP contribution in [0.5, 0.6) is 0 Å². The molecule has 9 aromatic heterocycles. The topological polar surface area (TPSA) is 180 Å². The Morgan fingerprint density at radius 1 is 0.284 bits per heavy atom. The van der Waals surface area contributed by atoms with Crippen molar-refractivity contribution >= 4 is 199 Å². The normalized spacial score (nSPS) is 12.6. The van der Waals surface area contributed by atoms with E-state index in [-0.39, 0.29) is 54.5 Å². The second-order valence-electron chi connectivity index (χ2n) is 35.3. The van der Waals surface area contributed by atoms with Crippen LogP contribution in [-0.2, 0) is 21.7 Å². The average Bonchev–Trinajstić information content (AvgIpc) is 1.47. The summed E-state index contributed by atoms with van der Waals surface area (Å²) in [7, 11) is 0. The molecule has 12 nitrogen and oxygen atoms in total. The van der Waals surface area contributed by atoms with Gasteiger partial charge in [0, 0.05) is 132 Å². The molecule has 12 heterocycles. The number of benzene rings is 10.